The maximum atomic E-state index is 12.8. The van der Waals surface area contributed by atoms with Gasteiger partial charge in [-0.3, -0.25) is 0 Å². The summed E-state index contributed by atoms with van der Waals surface area (Å²) in [5.41, 5.74) is 6.31. The van der Waals surface area contributed by atoms with Gasteiger partial charge in [-0.2, -0.15) is 0 Å². The molecular formula is C42H41ClO7. The van der Waals surface area contributed by atoms with Gasteiger partial charge in [-0.25, -0.2) is 0 Å². The van der Waals surface area contributed by atoms with Crippen molar-refractivity contribution in [3.05, 3.63) is 171 Å². The van der Waals surface area contributed by atoms with E-state index in [1.54, 1.807) is 12.1 Å². The first-order valence-corrected chi connectivity index (χ1v) is 17.4. The van der Waals surface area contributed by atoms with E-state index in [2.05, 4.69) is 6.07 Å². The van der Waals surface area contributed by atoms with Crippen molar-refractivity contribution < 1.29 is 33.9 Å². The topological polar surface area (TPSA) is 86.6 Å². The minimum atomic E-state index is -2.04. The lowest BCUT2D eigenvalue weighted by atomic mass is 9.86. The van der Waals surface area contributed by atoms with Gasteiger partial charge in [0.2, 0.25) is 5.79 Å². The van der Waals surface area contributed by atoms with Gasteiger partial charge in [0.1, 0.15) is 30.2 Å². The van der Waals surface area contributed by atoms with Gasteiger partial charge >= 0.3 is 0 Å². The molecule has 0 amide bonds. The smallest absolute Gasteiger partial charge is 0.222 e. The SMILES string of the molecule is OC[C@H]1OC(O)(c2ccc(Cl)c(Cc3ccc4c(c3)CCO4)c2)[C@H](OCc2ccccc2)[C@@H](OCc2ccccc2)[C@@H]1OCc1ccccc1. The van der Waals surface area contributed by atoms with Gasteiger partial charge in [0.25, 0.3) is 0 Å². The summed E-state index contributed by atoms with van der Waals surface area (Å²) in [4.78, 5) is 0. The van der Waals surface area contributed by atoms with Crippen molar-refractivity contribution in [3.63, 3.8) is 0 Å². The van der Waals surface area contributed by atoms with Crippen molar-refractivity contribution in [3.8, 4) is 5.75 Å². The van der Waals surface area contributed by atoms with Gasteiger partial charge < -0.3 is 33.9 Å². The Morgan fingerprint density at radius 2 is 1.28 bits per heavy atom. The fourth-order valence-electron chi connectivity index (χ4n) is 6.73. The zero-order valence-corrected chi connectivity index (χ0v) is 28.5. The van der Waals surface area contributed by atoms with Gasteiger partial charge in [-0.1, -0.05) is 121 Å². The number of hydrogen-bond acceptors (Lipinski definition) is 7. The average Bonchev–Trinajstić information content (AvgIpc) is 3.63. The van der Waals surface area contributed by atoms with E-state index in [0.717, 1.165) is 40.0 Å². The fourth-order valence-corrected chi connectivity index (χ4v) is 6.92. The van der Waals surface area contributed by atoms with Crippen LogP contribution in [0.15, 0.2) is 127 Å². The lowest BCUT2D eigenvalue weighted by Gasteiger charge is -2.50. The van der Waals surface area contributed by atoms with Crippen molar-refractivity contribution in [1.82, 2.24) is 0 Å². The normalized spacial score (nSPS) is 22.9. The summed E-state index contributed by atoms with van der Waals surface area (Å²) in [6.07, 6.45) is -2.25. The second-order valence-corrected chi connectivity index (χ2v) is 13.2. The van der Waals surface area contributed by atoms with Gasteiger partial charge in [0.05, 0.1) is 33.0 Å². The van der Waals surface area contributed by atoms with Crippen LogP contribution in [0, 0.1) is 0 Å². The summed E-state index contributed by atoms with van der Waals surface area (Å²) >= 11 is 6.79. The highest BCUT2D eigenvalue weighted by Crippen LogP contribution is 2.42. The van der Waals surface area contributed by atoms with Crippen molar-refractivity contribution in [2.45, 2.75) is 62.9 Å². The predicted octanol–water partition coefficient (Wildman–Crippen LogP) is 7.16. The molecule has 2 N–H and O–H groups in total. The third kappa shape index (κ3) is 7.80. The summed E-state index contributed by atoms with van der Waals surface area (Å²) in [5.74, 6) is -1.13. The van der Waals surface area contributed by atoms with Crippen molar-refractivity contribution >= 4 is 11.6 Å². The number of rotatable bonds is 13. The predicted molar refractivity (Wildman–Crippen MR) is 191 cm³/mol. The quantitative estimate of drug-likeness (QED) is 0.136. The highest BCUT2D eigenvalue weighted by Gasteiger charge is 2.57. The first kappa shape index (κ1) is 34.4. The molecule has 2 aliphatic rings. The van der Waals surface area contributed by atoms with Crippen LogP contribution >= 0.6 is 11.6 Å². The van der Waals surface area contributed by atoms with E-state index in [4.69, 9.17) is 35.3 Å². The van der Waals surface area contributed by atoms with Crippen molar-refractivity contribution in [2.24, 2.45) is 0 Å². The first-order chi connectivity index (χ1) is 24.5. The first-order valence-electron chi connectivity index (χ1n) is 17.0. The zero-order chi connectivity index (χ0) is 34.3. The Labute approximate surface area is 297 Å². The van der Waals surface area contributed by atoms with Gasteiger partial charge in [-0.15, -0.1) is 0 Å². The van der Waals surface area contributed by atoms with E-state index >= 15 is 0 Å². The van der Waals surface area contributed by atoms with E-state index in [9.17, 15) is 10.2 Å². The van der Waals surface area contributed by atoms with E-state index < -0.39 is 36.8 Å². The van der Waals surface area contributed by atoms with Gasteiger partial charge in [-0.05, 0) is 58.0 Å². The maximum absolute atomic E-state index is 12.8. The molecule has 50 heavy (non-hydrogen) atoms. The van der Waals surface area contributed by atoms with Crippen LogP contribution in [-0.2, 0) is 57.4 Å². The Balaban J connectivity index is 1.26. The molecule has 5 aromatic carbocycles. The summed E-state index contributed by atoms with van der Waals surface area (Å²) < 4.78 is 32.0. The molecule has 0 aromatic heterocycles. The highest BCUT2D eigenvalue weighted by atomic mass is 35.5. The molecule has 0 saturated carbocycles. The molecule has 2 aliphatic heterocycles. The van der Waals surface area contributed by atoms with Crippen LogP contribution in [0.3, 0.4) is 0 Å². The Hall–Kier alpha value is -4.05. The highest BCUT2D eigenvalue weighted by molar-refractivity contribution is 6.31. The van der Waals surface area contributed by atoms with E-state index in [0.29, 0.717) is 23.6 Å². The number of aliphatic hydroxyl groups excluding tert-OH is 1. The molecule has 1 saturated heterocycles. The van der Waals surface area contributed by atoms with E-state index in [-0.39, 0.29) is 19.8 Å². The zero-order valence-electron chi connectivity index (χ0n) is 27.7. The largest absolute Gasteiger partial charge is 0.493 e. The van der Waals surface area contributed by atoms with Crippen LogP contribution in [0.4, 0.5) is 0 Å². The molecule has 1 unspecified atom stereocenters. The number of benzene rings is 5. The summed E-state index contributed by atoms with van der Waals surface area (Å²) in [7, 11) is 0. The summed E-state index contributed by atoms with van der Waals surface area (Å²) in [6, 6.07) is 40.9. The number of aliphatic hydroxyl groups is 2. The molecule has 5 atom stereocenters. The molecule has 258 valence electrons. The second-order valence-electron chi connectivity index (χ2n) is 12.8. The van der Waals surface area contributed by atoms with Crippen LogP contribution in [0.2, 0.25) is 5.02 Å². The third-order valence-electron chi connectivity index (χ3n) is 9.34. The Morgan fingerprint density at radius 3 is 1.90 bits per heavy atom. The second kappa shape index (κ2) is 15.9. The Bertz CT molecular complexity index is 1840. The van der Waals surface area contributed by atoms with Crippen LogP contribution in [0.5, 0.6) is 5.75 Å². The van der Waals surface area contributed by atoms with Crippen LogP contribution in [0.25, 0.3) is 0 Å². The number of hydrogen-bond donors (Lipinski definition) is 2. The lowest BCUT2D eigenvalue weighted by molar-refractivity contribution is -0.377. The third-order valence-corrected chi connectivity index (χ3v) is 9.70. The molecule has 1 fully saturated rings. The minimum Gasteiger partial charge on any atom is -0.493 e. The molecule has 2 heterocycles. The monoisotopic (exact) mass is 692 g/mol. The van der Waals surface area contributed by atoms with E-state index in [1.165, 1.54) is 5.56 Å². The molecule has 0 aliphatic carbocycles. The molecule has 5 aromatic rings. The molecule has 7 nitrogen and oxygen atoms in total. The van der Waals surface area contributed by atoms with Crippen LogP contribution in [-0.4, -0.2) is 47.8 Å². The average molecular weight is 693 g/mol. The number of halogens is 1. The maximum Gasteiger partial charge on any atom is 0.222 e. The molecular weight excluding hydrogens is 652 g/mol. The Kier molecular flexibility index (Phi) is 10.9. The van der Waals surface area contributed by atoms with Gasteiger partial charge in [0, 0.05) is 17.0 Å². The lowest BCUT2D eigenvalue weighted by Crippen LogP contribution is -2.65. The van der Waals surface area contributed by atoms with Crippen molar-refractivity contribution in [2.75, 3.05) is 13.2 Å². The van der Waals surface area contributed by atoms with Gasteiger partial charge in [0.15, 0.2) is 0 Å². The summed E-state index contributed by atoms with van der Waals surface area (Å²) in [6.45, 7) is 0.909. The Morgan fingerprint density at radius 1 is 0.680 bits per heavy atom. The number of ether oxygens (including phenoxy) is 5. The van der Waals surface area contributed by atoms with Crippen LogP contribution in [0.1, 0.15) is 38.9 Å². The summed E-state index contributed by atoms with van der Waals surface area (Å²) in [5, 5.41) is 24.1. The molecule has 8 heteroatoms. The minimum absolute atomic E-state index is 0.176. The molecule has 7 rings (SSSR count). The fraction of sp³-hybridized carbons (Fsp3) is 0.286. The van der Waals surface area contributed by atoms with Crippen molar-refractivity contribution in [1.29, 1.82) is 0 Å². The molecule has 0 bridgehead atoms. The van der Waals surface area contributed by atoms with Crippen LogP contribution < -0.4 is 4.74 Å². The number of fused-ring (bicyclic) bond motifs is 1. The van der Waals surface area contributed by atoms with E-state index in [1.807, 2.05) is 109 Å². The standard InChI is InChI=1S/C42H41ClO7/c43-36-18-17-35(24-34(36)23-32-16-19-37-33(22-32)20-21-46-37)42(45)41(49-28-31-14-8-3-9-15-31)40(48-27-30-12-6-2-7-13-30)39(38(25-44)50-42)47-26-29-10-4-1-5-11-29/h1-19,22,24,38-41,44-45H,20-21,23,25-28H2/t38-,39-,40+,41-,42?/m1/s1. The molecule has 0 spiro atoms. The molecule has 0 radical (unpaired) electrons.